The van der Waals surface area contributed by atoms with E-state index in [1.54, 1.807) is 12.1 Å². The summed E-state index contributed by atoms with van der Waals surface area (Å²) in [6, 6.07) is 11.4. The molecule has 24 heavy (non-hydrogen) atoms. The topological polar surface area (TPSA) is 35.5 Å². The molecule has 0 aliphatic rings. The van der Waals surface area contributed by atoms with Crippen LogP contribution >= 0.6 is 0 Å². The summed E-state index contributed by atoms with van der Waals surface area (Å²) in [4.78, 5) is 11.2. The first kappa shape index (κ1) is 18.1. The van der Waals surface area contributed by atoms with Crippen molar-refractivity contribution in [3.8, 4) is 5.75 Å². The fourth-order valence-electron chi connectivity index (χ4n) is 2.22. The van der Waals surface area contributed by atoms with E-state index in [1.807, 2.05) is 18.2 Å². The van der Waals surface area contributed by atoms with Gasteiger partial charge >= 0.3 is 12.1 Å². The SMILES string of the molecule is CCC(C)c1ccc2cc(OCC(=O)OCC(F)(F)F)ccc2c1. The second-order valence-electron chi connectivity index (χ2n) is 5.64. The highest BCUT2D eigenvalue weighted by Crippen LogP contribution is 2.26. The van der Waals surface area contributed by atoms with Crippen LogP contribution in [0.5, 0.6) is 5.75 Å². The third kappa shape index (κ3) is 5.15. The smallest absolute Gasteiger partial charge is 0.422 e. The monoisotopic (exact) mass is 340 g/mol. The number of benzene rings is 2. The normalized spacial score (nSPS) is 12.9. The molecule has 0 saturated heterocycles. The van der Waals surface area contributed by atoms with Gasteiger partial charge in [0.15, 0.2) is 13.2 Å². The minimum Gasteiger partial charge on any atom is -0.482 e. The molecule has 0 saturated carbocycles. The molecule has 1 atom stereocenters. The number of hydrogen-bond donors (Lipinski definition) is 0. The van der Waals surface area contributed by atoms with E-state index in [-0.39, 0.29) is 0 Å². The van der Waals surface area contributed by atoms with Gasteiger partial charge in [0.1, 0.15) is 5.75 Å². The van der Waals surface area contributed by atoms with Crippen LogP contribution in [0, 0.1) is 0 Å². The van der Waals surface area contributed by atoms with Crippen molar-refractivity contribution in [2.75, 3.05) is 13.2 Å². The van der Waals surface area contributed by atoms with Crippen molar-refractivity contribution in [1.29, 1.82) is 0 Å². The molecule has 0 amide bonds. The number of carbonyl (C=O) groups excluding carboxylic acids is 1. The zero-order valence-corrected chi connectivity index (χ0v) is 13.5. The maximum Gasteiger partial charge on any atom is 0.422 e. The van der Waals surface area contributed by atoms with Gasteiger partial charge in [0.25, 0.3) is 0 Å². The first-order valence-electron chi connectivity index (χ1n) is 7.67. The van der Waals surface area contributed by atoms with Gasteiger partial charge in [0.05, 0.1) is 0 Å². The number of esters is 1. The fourth-order valence-corrected chi connectivity index (χ4v) is 2.22. The van der Waals surface area contributed by atoms with Crippen molar-refractivity contribution in [2.45, 2.75) is 32.4 Å². The Kier molecular flexibility index (Phi) is 5.70. The quantitative estimate of drug-likeness (QED) is 0.706. The van der Waals surface area contributed by atoms with Crippen LogP contribution in [-0.2, 0) is 9.53 Å². The Morgan fingerprint density at radius 2 is 1.79 bits per heavy atom. The highest BCUT2D eigenvalue weighted by atomic mass is 19.4. The number of halogens is 3. The lowest BCUT2D eigenvalue weighted by molar-refractivity contribution is -0.187. The molecule has 0 aromatic heterocycles. The molecular formula is C18H19F3O3. The number of ether oxygens (including phenoxy) is 2. The molecule has 0 bridgehead atoms. The molecule has 0 aliphatic carbocycles. The highest BCUT2D eigenvalue weighted by Gasteiger charge is 2.29. The van der Waals surface area contributed by atoms with Crippen LogP contribution in [0.1, 0.15) is 31.7 Å². The van der Waals surface area contributed by atoms with E-state index in [2.05, 4.69) is 24.7 Å². The maximum atomic E-state index is 12.0. The van der Waals surface area contributed by atoms with Gasteiger partial charge in [-0.15, -0.1) is 0 Å². The zero-order chi connectivity index (χ0) is 17.7. The Morgan fingerprint density at radius 1 is 1.12 bits per heavy atom. The average Bonchev–Trinajstić information content (AvgIpc) is 2.56. The van der Waals surface area contributed by atoms with Crippen LogP contribution in [-0.4, -0.2) is 25.4 Å². The van der Waals surface area contributed by atoms with E-state index >= 15 is 0 Å². The van der Waals surface area contributed by atoms with Gasteiger partial charge in [0, 0.05) is 0 Å². The largest absolute Gasteiger partial charge is 0.482 e. The second-order valence-corrected chi connectivity index (χ2v) is 5.64. The van der Waals surface area contributed by atoms with Gasteiger partial charge in [-0.1, -0.05) is 38.1 Å². The minimum absolute atomic E-state index is 0.405. The maximum absolute atomic E-state index is 12.0. The number of fused-ring (bicyclic) bond motifs is 1. The number of carbonyl (C=O) groups is 1. The summed E-state index contributed by atoms with van der Waals surface area (Å²) in [7, 11) is 0. The van der Waals surface area contributed by atoms with E-state index in [4.69, 9.17) is 4.74 Å². The molecule has 130 valence electrons. The molecule has 0 heterocycles. The van der Waals surface area contributed by atoms with E-state index in [9.17, 15) is 18.0 Å². The van der Waals surface area contributed by atoms with E-state index < -0.39 is 25.4 Å². The molecule has 0 spiro atoms. The van der Waals surface area contributed by atoms with E-state index in [1.165, 1.54) is 5.56 Å². The van der Waals surface area contributed by atoms with Crippen LogP contribution in [0.2, 0.25) is 0 Å². The molecule has 0 N–H and O–H groups in total. The zero-order valence-electron chi connectivity index (χ0n) is 13.5. The van der Waals surface area contributed by atoms with Gasteiger partial charge in [-0.25, -0.2) is 4.79 Å². The Bertz CT molecular complexity index is 710. The molecule has 2 rings (SSSR count). The average molecular weight is 340 g/mol. The first-order valence-corrected chi connectivity index (χ1v) is 7.67. The van der Waals surface area contributed by atoms with Crippen molar-refractivity contribution < 1.29 is 27.4 Å². The number of hydrogen-bond acceptors (Lipinski definition) is 3. The molecule has 6 heteroatoms. The van der Waals surface area contributed by atoms with Crippen molar-refractivity contribution in [1.82, 2.24) is 0 Å². The van der Waals surface area contributed by atoms with Gasteiger partial charge in [0.2, 0.25) is 0 Å². The molecule has 0 fully saturated rings. The predicted molar refractivity (Wildman–Crippen MR) is 85.2 cm³/mol. The summed E-state index contributed by atoms with van der Waals surface area (Å²) in [5.41, 5.74) is 1.24. The van der Waals surface area contributed by atoms with Crippen molar-refractivity contribution >= 4 is 16.7 Å². The molecule has 2 aromatic carbocycles. The third-order valence-electron chi connectivity index (χ3n) is 3.77. The molecule has 0 radical (unpaired) electrons. The highest BCUT2D eigenvalue weighted by molar-refractivity contribution is 5.84. The Hall–Kier alpha value is -2.24. The van der Waals surface area contributed by atoms with Gasteiger partial charge in [-0.3, -0.25) is 0 Å². The van der Waals surface area contributed by atoms with Gasteiger partial charge in [-0.2, -0.15) is 13.2 Å². The van der Waals surface area contributed by atoms with Crippen molar-refractivity contribution in [3.05, 3.63) is 42.0 Å². The molecule has 1 unspecified atom stereocenters. The lowest BCUT2D eigenvalue weighted by atomic mass is 9.96. The lowest BCUT2D eigenvalue weighted by Gasteiger charge is -2.11. The van der Waals surface area contributed by atoms with E-state index in [0.717, 1.165) is 17.2 Å². The summed E-state index contributed by atoms with van der Waals surface area (Å²) in [6.45, 7) is 2.12. The van der Waals surface area contributed by atoms with Gasteiger partial charge < -0.3 is 9.47 Å². The fraction of sp³-hybridized carbons (Fsp3) is 0.389. The van der Waals surface area contributed by atoms with Crippen LogP contribution in [0.4, 0.5) is 13.2 Å². The molecule has 2 aromatic rings. The number of rotatable bonds is 6. The van der Waals surface area contributed by atoms with Crippen molar-refractivity contribution in [2.24, 2.45) is 0 Å². The second kappa shape index (κ2) is 7.55. The molecular weight excluding hydrogens is 321 g/mol. The summed E-state index contributed by atoms with van der Waals surface area (Å²) in [5, 5.41) is 1.98. The van der Waals surface area contributed by atoms with Crippen LogP contribution in [0.3, 0.4) is 0 Å². The van der Waals surface area contributed by atoms with Crippen LogP contribution in [0.25, 0.3) is 10.8 Å². The summed E-state index contributed by atoms with van der Waals surface area (Å²) < 4.78 is 45.1. The first-order chi connectivity index (χ1) is 11.3. The Labute approximate surface area is 138 Å². The predicted octanol–water partition coefficient (Wildman–Crippen LogP) is 4.84. The summed E-state index contributed by atoms with van der Waals surface area (Å²) in [6.07, 6.45) is -3.49. The minimum atomic E-state index is -4.54. The third-order valence-corrected chi connectivity index (χ3v) is 3.77. The Morgan fingerprint density at radius 3 is 2.46 bits per heavy atom. The lowest BCUT2D eigenvalue weighted by Crippen LogP contribution is -2.23. The van der Waals surface area contributed by atoms with E-state index in [0.29, 0.717) is 11.7 Å². The van der Waals surface area contributed by atoms with Crippen LogP contribution < -0.4 is 4.74 Å². The summed E-state index contributed by atoms with van der Waals surface area (Å²) >= 11 is 0. The van der Waals surface area contributed by atoms with Crippen molar-refractivity contribution in [3.63, 3.8) is 0 Å². The Balaban J connectivity index is 1.99. The summed E-state index contributed by atoms with van der Waals surface area (Å²) in [5.74, 6) is -0.184. The standard InChI is InChI=1S/C18H19F3O3/c1-3-12(2)13-4-5-15-9-16(7-6-14(15)8-13)23-10-17(22)24-11-18(19,20)21/h4-9,12H,3,10-11H2,1-2H3. The number of alkyl halides is 3. The van der Waals surface area contributed by atoms with Gasteiger partial charge in [-0.05, 0) is 40.8 Å². The molecule has 3 nitrogen and oxygen atoms in total. The molecule has 0 aliphatic heterocycles. The van der Waals surface area contributed by atoms with Crippen LogP contribution in [0.15, 0.2) is 36.4 Å².